The molecule has 3 nitrogen and oxygen atoms in total. The van der Waals surface area contributed by atoms with Crippen LogP contribution in [0.3, 0.4) is 0 Å². The monoisotopic (exact) mass is 268 g/mol. The average Bonchev–Trinajstić information content (AvgIpc) is 2.47. The zero-order valence-corrected chi connectivity index (χ0v) is 10.7. The summed E-state index contributed by atoms with van der Waals surface area (Å²) in [6, 6.07) is 12.5. The SMILES string of the molecule is NCC#Cc1ccc(NC(=O)c2ccc(F)cc2)cc1. The molecule has 0 heterocycles. The van der Waals surface area contributed by atoms with Crippen molar-refractivity contribution in [3.8, 4) is 11.8 Å². The Hall–Kier alpha value is -2.64. The van der Waals surface area contributed by atoms with Crippen LogP contribution in [0.2, 0.25) is 0 Å². The van der Waals surface area contributed by atoms with Gasteiger partial charge < -0.3 is 11.1 Å². The largest absolute Gasteiger partial charge is 0.322 e. The van der Waals surface area contributed by atoms with E-state index in [1.54, 1.807) is 24.3 Å². The first-order valence-corrected chi connectivity index (χ1v) is 6.05. The lowest BCUT2D eigenvalue weighted by Gasteiger charge is -2.05. The van der Waals surface area contributed by atoms with Crippen molar-refractivity contribution < 1.29 is 9.18 Å². The molecule has 0 aliphatic carbocycles. The minimum Gasteiger partial charge on any atom is -0.322 e. The van der Waals surface area contributed by atoms with Crippen LogP contribution < -0.4 is 11.1 Å². The lowest BCUT2D eigenvalue weighted by atomic mass is 10.2. The number of benzene rings is 2. The quantitative estimate of drug-likeness (QED) is 0.822. The highest BCUT2D eigenvalue weighted by Gasteiger charge is 2.05. The average molecular weight is 268 g/mol. The van der Waals surface area contributed by atoms with Crippen molar-refractivity contribution in [2.75, 3.05) is 11.9 Å². The molecule has 0 fully saturated rings. The number of hydrogen-bond acceptors (Lipinski definition) is 2. The summed E-state index contributed by atoms with van der Waals surface area (Å²) in [5.41, 5.74) is 7.17. The molecule has 0 unspecified atom stereocenters. The Kier molecular flexibility index (Phi) is 4.48. The molecule has 0 bridgehead atoms. The molecule has 0 spiro atoms. The lowest BCUT2D eigenvalue weighted by molar-refractivity contribution is 0.102. The molecule has 0 aliphatic heterocycles. The van der Waals surface area contributed by atoms with E-state index >= 15 is 0 Å². The summed E-state index contributed by atoms with van der Waals surface area (Å²) in [6.07, 6.45) is 0. The van der Waals surface area contributed by atoms with E-state index in [1.807, 2.05) is 0 Å². The summed E-state index contributed by atoms with van der Waals surface area (Å²) in [4.78, 5) is 11.9. The van der Waals surface area contributed by atoms with Crippen LogP contribution in [0, 0.1) is 17.7 Å². The number of anilines is 1. The molecule has 100 valence electrons. The van der Waals surface area contributed by atoms with Crippen LogP contribution >= 0.6 is 0 Å². The Morgan fingerprint density at radius 3 is 2.35 bits per heavy atom. The topological polar surface area (TPSA) is 55.1 Å². The molecule has 1 amide bonds. The van der Waals surface area contributed by atoms with Crippen molar-refractivity contribution in [3.63, 3.8) is 0 Å². The highest BCUT2D eigenvalue weighted by Crippen LogP contribution is 2.11. The number of amides is 1. The molecule has 4 heteroatoms. The number of nitrogens with one attached hydrogen (secondary N) is 1. The third-order valence-corrected chi connectivity index (χ3v) is 2.58. The van der Waals surface area contributed by atoms with Gasteiger partial charge in [0.1, 0.15) is 5.82 Å². The molecule has 0 radical (unpaired) electrons. The van der Waals surface area contributed by atoms with E-state index in [-0.39, 0.29) is 11.7 Å². The first-order chi connectivity index (χ1) is 9.69. The maximum Gasteiger partial charge on any atom is 0.255 e. The van der Waals surface area contributed by atoms with E-state index in [4.69, 9.17) is 5.73 Å². The maximum absolute atomic E-state index is 12.8. The Morgan fingerprint density at radius 1 is 1.10 bits per heavy atom. The summed E-state index contributed by atoms with van der Waals surface area (Å²) in [5.74, 6) is 4.99. The highest BCUT2D eigenvalue weighted by atomic mass is 19.1. The summed E-state index contributed by atoms with van der Waals surface area (Å²) < 4.78 is 12.8. The Bertz CT molecular complexity index is 652. The fourth-order valence-corrected chi connectivity index (χ4v) is 1.59. The van der Waals surface area contributed by atoms with Crippen LogP contribution in [0.15, 0.2) is 48.5 Å². The zero-order valence-electron chi connectivity index (χ0n) is 10.7. The number of hydrogen-bond donors (Lipinski definition) is 2. The third kappa shape index (κ3) is 3.67. The van der Waals surface area contributed by atoms with Gasteiger partial charge in [0.2, 0.25) is 0 Å². The molecule has 2 aromatic carbocycles. The summed E-state index contributed by atoms with van der Waals surface area (Å²) >= 11 is 0. The molecular formula is C16H13FN2O. The van der Waals surface area contributed by atoms with E-state index in [2.05, 4.69) is 17.2 Å². The van der Waals surface area contributed by atoms with Crippen LogP contribution in [-0.4, -0.2) is 12.5 Å². The van der Waals surface area contributed by atoms with Crippen molar-refractivity contribution >= 4 is 11.6 Å². The molecule has 0 aliphatic rings. The van der Waals surface area contributed by atoms with Crippen molar-refractivity contribution in [2.24, 2.45) is 5.73 Å². The molecule has 3 N–H and O–H groups in total. The van der Waals surface area contributed by atoms with Crippen molar-refractivity contribution in [1.29, 1.82) is 0 Å². The predicted molar refractivity (Wildman–Crippen MR) is 76.7 cm³/mol. The predicted octanol–water partition coefficient (Wildman–Crippen LogP) is 2.39. The molecule has 2 aromatic rings. The zero-order chi connectivity index (χ0) is 14.4. The lowest BCUT2D eigenvalue weighted by Crippen LogP contribution is -2.11. The van der Waals surface area contributed by atoms with Gasteiger partial charge in [-0.2, -0.15) is 0 Å². The second kappa shape index (κ2) is 6.50. The second-order valence-corrected chi connectivity index (χ2v) is 4.04. The van der Waals surface area contributed by atoms with Crippen LogP contribution in [0.1, 0.15) is 15.9 Å². The van der Waals surface area contributed by atoms with Crippen LogP contribution in [-0.2, 0) is 0 Å². The number of carbonyl (C=O) groups excluding carboxylic acids is 1. The van der Waals surface area contributed by atoms with E-state index in [1.165, 1.54) is 24.3 Å². The fourth-order valence-electron chi connectivity index (χ4n) is 1.59. The molecule has 0 saturated carbocycles. The van der Waals surface area contributed by atoms with Gasteiger partial charge in [0.25, 0.3) is 5.91 Å². The third-order valence-electron chi connectivity index (χ3n) is 2.58. The first kappa shape index (κ1) is 13.8. The summed E-state index contributed by atoms with van der Waals surface area (Å²) in [6.45, 7) is 0.309. The Balaban J connectivity index is 2.06. The molecule has 20 heavy (non-hydrogen) atoms. The van der Waals surface area contributed by atoms with Gasteiger partial charge in [-0.25, -0.2) is 4.39 Å². The van der Waals surface area contributed by atoms with Gasteiger partial charge in [0.05, 0.1) is 6.54 Å². The van der Waals surface area contributed by atoms with Gasteiger partial charge in [-0.3, -0.25) is 4.79 Å². The minimum atomic E-state index is -0.371. The maximum atomic E-state index is 12.8. The van der Waals surface area contributed by atoms with Gasteiger partial charge in [-0.05, 0) is 48.5 Å². The van der Waals surface area contributed by atoms with Crippen LogP contribution in [0.4, 0.5) is 10.1 Å². The fraction of sp³-hybridized carbons (Fsp3) is 0.0625. The second-order valence-electron chi connectivity index (χ2n) is 4.04. The van der Waals surface area contributed by atoms with E-state index < -0.39 is 0 Å². The van der Waals surface area contributed by atoms with Crippen molar-refractivity contribution in [1.82, 2.24) is 0 Å². The molecule has 0 aromatic heterocycles. The van der Waals surface area contributed by atoms with Gasteiger partial charge in [0, 0.05) is 16.8 Å². The van der Waals surface area contributed by atoms with Crippen molar-refractivity contribution in [2.45, 2.75) is 0 Å². The van der Waals surface area contributed by atoms with Gasteiger partial charge in [0.15, 0.2) is 0 Å². The number of carbonyl (C=O) groups is 1. The Labute approximate surface area is 116 Å². The van der Waals surface area contributed by atoms with E-state index in [0.717, 1.165) is 5.56 Å². The number of nitrogens with two attached hydrogens (primary N) is 1. The minimum absolute atomic E-state index is 0.286. The van der Waals surface area contributed by atoms with Gasteiger partial charge in [-0.15, -0.1) is 0 Å². The highest BCUT2D eigenvalue weighted by molar-refractivity contribution is 6.04. The molecule has 2 rings (SSSR count). The van der Waals surface area contributed by atoms with E-state index in [0.29, 0.717) is 17.8 Å². The number of rotatable bonds is 2. The molecule has 0 atom stereocenters. The Morgan fingerprint density at radius 2 is 1.75 bits per heavy atom. The van der Waals surface area contributed by atoms with E-state index in [9.17, 15) is 9.18 Å². The van der Waals surface area contributed by atoms with Crippen LogP contribution in [0.25, 0.3) is 0 Å². The standard InChI is InChI=1S/C16H13FN2O/c17-14-7-5-13(6-8-14)16(20)19-15-9-3-12(4-10-15)2-1-11-18/h3-10H,11,18H2,(H,19,20). The summed E-state index contributed by atoms with van der Waals surface area (Å²) in [7, 11) is 0. The van der Waals surface area contributed by atoms with Gasteiger partial charge >= 0.3 is 0 Å². The molecular weight excluding hydrogens is 255 g/mol. The van der Waals surface area contributed by atoms with Crippen molar-refractivity contribution in [3.05, 3.63) is 65.5 Å². The molecule has 0 saturated heterocycles. The van der Waals surface area contributed by atoms with Gasteiger partial charge in [-0.1, -0.05) is 11.8 Å². The first-order valence-electron chi connectivity index (χ1n) is 6.05. The smallest absolute Gasteiger partial charge is 0.255 e. The normalized spacial score (nSPS) is 9.50. The summed E-state index contributed by atoms with van der Waals surface area (Å²) in [5, 5.41) is 2.73. The van der Waals surface area contributed by atoms with Crippen LogP contribution in [0.5, 0.6) is 0 Å². The number of halogens is 1.